The van der Waals surface area contributed by atoms with Gasteiger partial charge in [0.1, 0.15) is 5.75 Å². The molecule has 1 amide bonds. The summed E-state index contributed by atoms with van der Waals surface area (Å²) < 4.78 is 11.1. The van der Waals surface area contributed by atoms with Crippen molar-refractivity contribution in [3.63, 3.8) is 0 Å². The van der Waals surface area contributed by atoms with Crippen LogP contribution in [0.2, 0.25) is 0 Å². The van der Waals surface area contributed by atoms with Gasteiger partial charge in [-0.1, -0.05) is 0 Å². The Hall–Kier alpha value is -1.56. The zero-order chi connectivity index (χ0) is 17.9. The third-order valence-electron chi connectivity index (χ3n) is 4.47. The number of rotatable bonds is 4. The number of ether oxygens (including phenoxy) is 2. The van der Waals surface area contributed by atoms with Crippen molar-refractivity contribution >= 4 is 27.8 Å². The van der Waals surface area contributed by atoms with Gasteiger partial charge in [-0.3, -0.25) is 4.79 Å². The van der Waals surface area contributed by atoms with Crippen molar-refractivity contribution < 1.29 is 19.1 Å². The second-order valence-electron chi connectivity index (χ2n) is 6.27. The summed E-state index contributed by atoms with van der Waals surface area (Å²) in [5, 5.41) is 0. The molecule has 5 nitrogen and oxygen atoms in total. The first-order chi connectivity index (χ1) is 11.3. The number of amides is 1. The lowest BCUT2D eigenvalue weighted by Crippen LogP contribution is -2.51. The van der Waals surface area contributed by atoms with Gasteiger partial charge in [0, 0.05) is 16.6 Å². The van der Waals surface area contributed by atoms with Crippen molar-refractivity contribution in [2.24, 2.45) is 0 Å². The van der Waals surface area contributed by atoms with Crippen LogP contribution >= 0.6 is 15.9 Å². The van der Waals surface area contributed by atoms with Crippen molar-refractivity contribution in [1.82, 2.24) is 4.90 Å². The molecule has 0 spiro atoms. The normalized spacial score (nSPS) is 22.0. The SMILES string of the molecule is COc1ccc(Br)c(C(=O)O[C@H](C)C(=O)N2[C@H](C)CCC[C@H]2C)c1. The summed E-state index contributed by atoms with van der Waals surface area (Å²) in [6, 6.07) is 5.40. The quantitative estimate of drug-likeness (QED) is 0.725. The predicted octanol–water partition coefficient (Wildman–Crippen LogP) is 3.79. The van der Waals surface area contributed by atoms with Crippen molar-refractivity contribution in [1.29, 1.82) is 0 Å². The number of esters is 1. The third-order valence-corrected chi connectivity index (χ3v) is 5.16. The van der Waals surface area contributed by atoms with Crippen molar-refractivity contribution in [3.8, 4) is 5.75 Å². The van der Waals surface area contributed by atoms with Gasteiger partial charge in [0.25, 0.3) is 5.91 Å². The lowest BCUT2D eigenvalue weighted by atomic mass is 9.97. The number of piperidine rings is 1. The van der Waals surface area contributed by atoms with Gasteiger partial charge in [0.05, 0.1) is 12.7 Å². The maximum absolute atomic E-state index is 12.7. The number of carbonyl (C=O) groups is 2. The van der Waals surface area contributed by atoms with Gasteiger partial charge in [-0.15, -0.1) is 0 Å². The first-order valence-electron chi connectivity index (χ1n) is 8.21. The fourth-order valence-electron chi connectivity index (χ4n) is 3.13. The third kappa shape index (κ3) is 4.09. The topological polar surface area (TPSA) is 55.8 Å². The van der Waals surface area contributed by atoms with Gasteiger partial charge in [0.15, 0.2) is 6.10 Å². The Morgan fingerprint density at radius 1 is 1.25 bits per heavy atom. The van der Waals surface area contributed by atoms with Crippen LogP contribution < -0.4 is 4.74 Å². The molecule has 0 saturated carbocycles. The average Bonchev–Trinajstić information content (AvgIpc) is 2.54. The molecule has 24 heavy (non-hydrogen) atoms. The summed E-state index contributed by atoms with van der Waals surface area (Å²) in [6.45, 7) is 5.71. The fraction of sp³-hybridized carbons (Fsp3) is 0.556. The van der Waals surface area contributed by atoms with E-state index in [1.54, 1.807) is 25.1 Å². The molecule has 132 valence electrons. The summed E-state index contributed by atoms with van der Waals surface area (Å²) in [6.07, 6.45) is 2.27. The molecule has 0 bridgehead atoms. The molecule has 1 aromatic carbocycles. The maximum Gasteiger partial charge on any atom is 0.340 e. The first-order valence-corrected chi connectivity index (χ1v) is 9.01. The molecule has 1 aliphatic rings. The molecule has 1 saturated heterocycles. The van der Waals surface area contributed by atoms with Gasteiger partial charge >= 0.3 is 5.97 Å². The standard InChI is InChI=1S/C18H24BrNO4/c1-11-6-5-7-12(2)20(11)17(21)13(3)24-18(22)15-10-14(23-4)8-9-16(15)19/h8-13H,5-7H2,1-4H3/t11-,12-,13-/m1/s1. The van der Waals surface area contributed by atoms with E-state index in [0.29, 0.717) is 15.8 Å². The molecule has 0 N–H and O–H groups in total. The fourth-order valence-corrected chi connectivity index (χ4v) is 3.54. The zero-order valence-corrected chi connectivity index (χ0v) is 16.1. The Kier molecular flexibility index (Phi) is 6.27. The van der Waals surface area contributed by atoms with E-state index in [4.69, 9.17) is 9.47 Å². The molecule has 3 atom stereocenters. The monoisotopic (exact) mass is 397 g/mol. The number of hydrogen-bond donors (Lipinski definition) is 0. The van der Waals surface area contributed by atoms with Crippen LogP contribution in [0, 0.1) is 0 Å². The Morgan fingerprint density at radius 3 is 2.46 bits per heavy atom. The van der Waals surface area contributed by atoms with Gasteiger partial charge in [-0.2, -0.15) is 0 Å². The molecule has 0 aliphatic carbocycles. The second-order valence-corrected chi connectivity index (χ2v) is 7.12. The molecular formula is C18H24BrNO4. The molecule has 1 fully saturated rings. The number of carbonyl (C=O) groups excluding carboxylic acids is 2. The van der Waals surface area contributed by atoms with Crippen LogP contribution in [0.15, 0.2) is 22.7 Å². The highest BCUT2D eigenvalue weighted by molar-refractivity contribution is 9.10. The summed E-state index contributed by atoms with van der Waals surface area (Å²) >= 11 is 3.33. The lowest BCUT2D eigenvalue weighted by Gasteiger charge is -2.40. The van der Waals surface area contributed by atoms with Crippen LogP contribution in [0.3, 0.4) is 0 Å². The van der Waals surface area contributed by atoms with E-state index in [1.165, 1.54) is 7.11 Å². The minimum absolute atomic E-state index is 0.137. The molecule has 0 unspecified atom stereocenters. The first kappa shape index (κ1) is 18.8. The van der Waals surface area contributed by atoms with Crippen LogP contribution in [-0.2, 0) is 9.53 Å². The van der Waals surface area contributed by atoms with E-state index >= 15 is 0 Å². The molecule has 0 aromatic heterocycles. The number of likely N-dealkylation sites (tertiary alicyclic amines) is 1. The Labute approximate surface area is 151 Å². The van der Waals surface area contributed by atoms with Crippen LogP contribution in [-0.4, -0.2) is 42.1 Å². The second kappa shape index (κ2) is 8.01. The number of halogens is 1. The van der Waals surface area contributed by atoms with E-state index < -0.39 is 12.1 Å². The minimum atomic E-state index is -0.821. The number of methoxy groups -OCH3 is 1. The Bertz CT molecular complexity index is 609. The van der Waals surface area contributed by atoms with E-state index in [2.05, 4.69) is 15.9 Å². The lowest BCUT2D eigenvalue weighted by molar-refractivity contribution is -0.146. The number of hydrogen-bond acceptors (Lipinski definition) is 4. The summed E-state index contributed by atoms with van der Waals surface area (Å²) in [7, 11) is 1.53. The van der Waals surface area contributed by atoms with Crippen LogP contribution in [0.5, 0.6) is 5.75 Å². The van der Waals surface area contributed by atoms with Gasteiger partial charge < -0.3 is 14.4 Å². The van der Waals surface area contributed by atoms with Crippen molar-refractivity contribution in [2.75, 3.05) is 7.11 Å². The van der Waals surface area contributed by atoms with E-state index in [-0.39, 0.29) is 18.0 Å². The highest BCUT2D eigenvalue weighted by Crippen LogP contribution is 2.26. The molecule has 6 heteroatoms. The Morgan fingerprint density at radius 2 is 1.88 bits per heavy atom. The predicted molar refractivity (Wildman–Crippen MR) is 95.2 cm³/mol. The van der Waals surface area contributed by atoms with Crippen molar-refractivity contribution in [3.05, 3.63) is 28.2 Å². The van der Waals surface area contributed by atoms with Crippen LogP contribution in [0.25, 0.3) is 0 Å². The van der Waals surface area contributed by atoms with E-state index in [0.717, 1.165) is 19.3 Å². The largest absolute Gasteiger partial charge is 0.497 e. The van der Waals surface area contributed by atoms with Gasteiger partial charge in [-0.25, -0.2) is 4.79 Å². The Balaban J connectivity index is 2.09. The van der Waals surface area contributed by atoms with Gasteiger partial charge in [0.2, 0.25) is 0 Å². The van der Waals surface area contributed by atoms with E-state index in [1.807, 2.05) is 18.7 Å². The molecule has 1 aromatic rings. The summed E-state index contributed by atoms with van der Waals surface area (Å²) in [4.78, 5) is 27.0. The summed E-state index contributed by atoms with van der Waals surface area (Å²) in [5.41, 5.74) is 0.341. The highest BCUT2D eigenvalue weighted by Gasteiger charge is 2.33. The van der Waals surface area contributed by atoms with E-state index in [9.17, 15) is 9.59 Å². The van der Waals surface area contributed by atoms with Crippen molar-refractivity contribution in [2.45, 2.75) is 58.2 Å². The average molecular weight is 398 g/mol. The molecule has 1 heterocycles. The molecule has 1 aliphatic heterocycles. The molecular weight excluding hydrogens is 374 g/mol. The minimum Gasteiger partial charge on any atom is -0.497 e. The molecule has 0 radical (unpaired) electrons. The number of nitrogens with zero attached hydrogens (tertiary/aromatic N) is 1. The summed E-state index contributed by atoms with van der Waals surface area (Å²) in [5.74, 6) is -0.122. The number of benzene rings is 1. The van der Waals surface area contributed by atoms with Crippen LogP contribution in [0.1, 0.15) is 50.4 Å². The molecule has 2 rings (SSSR count). The smallest absolute Gasteiger partial charge is 0.340 e. The zero-order valence-electron chi connectivity index (χ0n) is 14.5. The van der Waals surface area contributed by atoms with Crippen LogP contribution in [0.4, 0.5) is 0 Å². The maximum atomic E-state index is 12.7. The van der Waals surface area contributed by atoms with Gasteiger partial charge in [-0.05, 0) is 74.2 Å². The highest BCUT2D eigenvalue weighted by atomic mass is 79.9.